The third-order valence-corrected chi connectivity index (χ3v) is 22.6. The molecular weight excluding hydrogens is 1380 g/mol. The standard InChI is InChI=1S/C21H17F3.C20H15F3O.C16H23F3O.C15H23F3O.C5H4F3NO5S/c1-16-12-14-19(15-13-16)20(21(22,23)24,17-8-4-2-5-9-17)18-10-6-3-7-11-18;21-20(22,23)19(15-7-3-1-4-8-15,16-9-5-2-6-10-16)17-11-13-18(24)14-12-17;1-15(16(17,18)19,12-4-2-3-5-14(12)20)13-9-10-6-7-11(13)8-10;1-14(15(16,17)18,11-7-3-2-4-8-11)12-9-5-6-10-13(12)19;6-5(7,8)15(12,13)14-9-3(10)1-2-4(9)11/h2-15H,1H3;1-14,24H;10-13H,2-9H2,1H3;11-12H,2-10H2,1H3;1-2H2. The molecule has 6 aromatic carbocycles. The number of alkyl halides is 15. The third kappa shape index (κ3) is 16.8. The first kappa shape index (κ1) is 80.2. The molecule has 25 heteroatoms. The van der Waals surface area contributed by atoms with E-state index in [4.69, 9.17) is 0 Å². The van der Waals surface area contributed by atoms with Gasteiger partial charge in [0.15, 0.2) is 0 Å². The average Bonchev–Trinajstić information content (AvgIpc) is 0.839. The van der Waals surface area contributed by atoms with Crippen molar-refractivity contribution in [1.82, 2.24) is 5.06 Å². The third-order valence-electron chi connectivity index (χ3n) is 21.7. The number of hydrogen-bond acceptors (Lipinski definition) is 8. The highest BCUT2D eigenvalue weighted by molar-refractivity contribution is 7.87. The quantitative estimate of drug-likeness (QED) is 0.0554. The van der Waals surface area contributed by atoms with E-state index >= 15 is 0 Å². The molecule has 6 fully saturated rings. The summed E-state index contributed by atoms with van der Waals surface area (Å²) in [6.45, 7) is 4.53. The fourth-order valence-corrected chi connectivity index (χ4v) is 16.8. The van der Waals surface area contributed by atoms with E-state index in [0.29, 0.717) is 50.9 Å². The first-order chi connectivity index (χ1) is 47.8. The number of nitrogens with zero attached hydrogens (tertiary/aromatic N) is 1. The van der Waals surface area contributed by atoms with Crippen LogP contribution in [-0.4, -0.2) is 72.2 Å². The number of fused-ring (bicyclic) bond motifs is 2. The maximum Gasteiger partial charge on any atom is 0.525 e. The van der Waals surface area contributed by atoms with Crippen molar-refractivity contribution in [2.45, 2.75) is 184 Å². The lowest BCUT2D eigenvalue weighted by Gasteiger charge is -2.47. The molecule has 7 unspecified atom stereocenters. The number of benzene rings is 6. The van der Waals surface area contributed by atoms with E-state index in [0.717, 1.165) is 69.8 Å². The van der Waals surface area contributed by atoms with Crippen LogP contribution in [0.1, 0.15) is 175 Å². The Morgan fingerprint density at radius 1 is 0.402 bits per heavy atom. The smallest absolute Gasteiger partial charge is 0.508 e. The van der Waals surface area contributed by atoms with E-state index in [9.17, 15) is 98.6 Å². The van der Waals surface area contributed by atoms with Gasteiger partial charge in [-0.25, -0.2) is 0 Å². The second kappa shape index (κ2) is 32.2. The molecule has 1 heterocycles. The molecule has 0 aromatic heterocycles. The Kier molecular flexibility index (Phi) is 25.3. The number of phenols is 1. The van der Waals surface area contributed by atoms with Gasteiger partial charge in [0.25, 0.3) is 11.8 Å². The van der Waals surface area contributed by atoms with Gasteiger partial charge in [-0.3, -0.25) is 19.2 Å². The zero-order chi connectivity index (χ0) is 74.9. The van der Waals surface area contributed by atoms with Gasteiger partial charge in [0.05, 0.1) is 10.8 Å². The van der Waals surface area contributed by atoms with Crippen LogP contribution >= 0.6 is 0 Å². The van der Waals surface area contributed by atoms with Gasteiger partial charge in [-0.2, -0.15) is 74.3 Å². The zero-order valence-corrected chi connectivity index (χ0v) is 57.2. The van der Waals surface area contributed by atoms with Crippen LogP contribution in [0.4, 0.5) is 65.9 Å². The van der Waals surface area contributed by atoms with Crippen LogP contribution in [0.3, 0.4) is 0 Å². The van der Waals surface area contributed by atoms with Gasteiger partial charge >= 0.3 is 40.3 Å². The number of phenolic OH excluding ortho intramolecular Hbond substituents is 1. The highest BCUT2D eigenvalue weighted by Crippen LogP contribution is 2.64. The van der Waals surface area contributed by atoms with Crippen molar-refractivity contribution in [3.8, 4) is 5.75 Å². The Morgan fingerprint density at radius 3 is 1.08 bits per heavy atom. The molecule has 7 atom stereocenters. The summed E-state index contributed by atoms with van der Waals surface area (Å²) < 4.78 is 229. The van der Waals surface area contributed by atoms with Crippen LogP contribution in [-0.2, 0) is 44.4 Å². The van der Waals surface area contributed by atoms with Crippen molar-refractivity contribution in [3.63, 3.8) is 0 Å². The highest BCUT2D eigenvalue weighted by Gasteiger charge is 2.66. The van der Waals surface area contributed by atoms with Crippen molar-refractivity contribution in [2.75, 3.05) is 0 Å². The van der Waals surface area contributed by atoms with Crippen molar-refractivity contribution in [2.24, 2.45) is 46.3 Å². The topological polar surface area (TPSA) is 135 Å². The molecule has 554 valence electrons. The summed E-state index contributed by atoms with van der Waals surface area (Å²) in [5.74, 6) is -4.22. The minimum atomic E-state index is -5.96. The first-order valence-electron chi connectivity index (χ1n) is 34.1. The first-order valence-corrected chi connectivity index (χ1v) is 35.5. The molecule has 1 N–H and O–H groups in total. The van der Waals surface area contributed by atoms with Gasteiger partial charge in [0.2, 0.25) is 0 Å². The van der Waals surface area contributed by atoms with E-state index in [2.05, 4.69) is 4.28 Å². The number of carbonyl (C=O) groups is 4. The van der Waals surface area contributed by atoms with Gasteiger partial charge in [-0.1, -0.05) is 202 Å². The molecule has 5 saturated carbocycles. The van der Waals surface area contributed by atoms with E-state index in [1.54, 1.807) is 121 Å². The number of hydrogen-bond donors (Lipinski definition) is 1. The summed E-state index contributed by atoms with van der Waals surface area (Å²) in [6, 6.07) is 43.7. The molecule has 2 amide bonds. The molecule has 6 aromatic rings. The number of ketones is 2. The lowest BCUT2D eigenvalue weighted by Crippen LogP contribution is -2.52. The minimum Gasteiger partial charge on any atom is -0.508 e. The van der Waals surface area contributed by atoms with Crippen LogP contribution in [0.2, 0.25) is 0 Å². The van der Waals surface area contributed by atoms with Crippen LogP contribution in [0.5, 0.6) is 5.75 Å². The molecule has 2 bridgehead atoms. The second-order valence-electron chi connectivity index (χ2n) is 27.6. The van der Waals surface area contributed by atoms with Crippen molar-refractivity contribution < 1.29 is 103 Å². The maximum atomic E-state index is 14.5. The second-order valence-corrected chi connectivity index (χ2v) is 29.2. The fraction of sp³-hybridized carbons (Fsp3) is 0.481. The highest BCUT2D eigenvalue weighted by atomic mass is 32.2. The number of carbonyl (C=O) groups excluding carboxylic acids is 4. The Labute approximate surface area is 583 Å². The van der Waals surface area contributed by atoms with Crippen molar-refractivity contribution in [1.29, 1.82) is 0 Å². The largest absolute Gasteiger partial charge is 0.525 e. The molecule has 102 heavy (non-hydrogen) atoms. The number of aryl methyl sites for hydroxylation is 1. The summed E-state index contributed by atoms with van der Waals surface area (Å²) in [4.78, 5) is 45.7. The van der Waals surface area contributed by atoms with Crippen LogP contribution in [0.25, 0.3) is 0 Å². The number of imide groups is 1. The van der Waals surface area contributed by atoms with Crippen LogP contribution < -0.4 is 0 Å². The number of halogens is 15. The van der Waals surface area contributed by atoms with Crippen molar-refractivity contribution >= 4 is 33.5 Å². The van der Waals surface area contributed by atoms with Gasteiger partial charge < -0.3 is 5.11 Å². The van der Waals surface area contributed by atoms with Gasteiger partial charge in [0, 0.05) is 37.5 Å². The Balaban J connectivity index is 0.000000163. The summed E-state index contributed by atoms with van der Waals surface area (Å²) >= 11 is 0. The Bertz CT molecular complexity index is 3630. The normalized spacial score (nSPS) is 22.1. The zero-order valence-electron chi connectivity index (χ0n) is 56.4. The molecule has 1 saturated heterocycles. The number of rotatable bonds is 12. The molecule has 0 radical (unpaired) electrons. The molecule has 12 rings (SSSR count). The van der Waals surface area contributed by atoms with E-state index in [1.165, 1.54) is 62.4 Å². The molecule has 9 nitrogen and oxygen atoms in total. The predicted molar refractivity (Wildman–Crippen MR) is 352 cm³/mol. The number of Topliss-reactive ketones (excluding diaryl/α,β-unsaturated/α-hetero) is 2. The molecular formula is C77H82F15NO8S. The molecule has 0 spiro atoms. The minimum absolute atomic E-state index is 0.0604. The summed E-state index contributed by atoms with van der Waals surface area (Å²) in [7, 11) is -5.96. The number of aromatic hydroxyl groups is 1. The van der Waals surface area contributed by atoms with Gasteiger partial charge in [-0.05, 0) is 148 Å². The van der Waals surface area contributed by atoms with Crippen molar-refractivity contribution in [3.05, 3.63) is 209 Å². The lowest BCUT2D eigenvalue weighted by atomic mass is 9.58. The molecule has 1 aliphatic heterocycles. The number of amides is 2. The van der Waals surface area contributed by atoms with E-state index in [1.807, 2.05) is 6.92 Å². The SMILES string of the molecule is CC(C1CCCCC1)(C1CCCCC1=O)C(F)(F)F.CC(C1CCCCC1=O)(C1CC2CCC1C2)C(F)(F)F.Cc1ccc(C(c2ccccc2)(c2ccccc2)C(F)(F)F)cc1.O=C1CCC(=O)N1OS(=O)(=O)C(F)(F)F.Oc1ccc(C(c2ccccc2)(c2ccccc2)C(F)(F)F)cc1. The maximum absolute atomic E-state index is 14.5. The van der Waals surface area contributed by atoms with Crippen LogP contribution in [0.15, 0.2) is 170 Å². The summed E-state index contributed by atoms with van der Waals surface area (Å²) in [6.07, 6.45) is -6.04. The lowest BCUT2D eigenvalue weighted by molar-refractivity contribution is -0.261. The van der Waals surface area contributed by atoms with E-state index in [-0.39, 0.29) is 86.4 Å². The monoisotopic (exact) mass is 1470 g/mol. The molecule has 5 aliphatic carbocycles. The van der Waals surface area contributed by atoms with E-state index < -0.39 is 85.6 Å². The Morgan fingerprint density at radius 2 is 0.755 bits per heavy atom. The summed E-state index contributed by atoms with van der Waals surface area (Å²) in [5, 5.41) is 9.10. The molecule has 6 aliphatic rings. The fourth-order valence-electron chi connectivity index (χ4n) is 16.3. The Hall–Kier alpha value is -7.54. The van der Waals surface area contributed by atoms with Gasteiger partial charge in [-0.15, -0.1) is 9.35 Å². The average molecular weight is 1470 g/mol. The predicted octanol–water partition coefficient (Wildman–Crippen LogP) is 20.7. The number of hydroxylamine groups is 2. The van der Waals surface area contributed by atoms with Gasteiger partial charge in [0.1, 0.15) is 28.1 Å². The van der Waals surface area contributed by atoms with Crippen LogP contribution in [0, 0.1) is 53.3 Å². The summed E-state index contributed by atoms with van der Waals surface area (Å²) in [5.41, 5.74) is -11.8.